The van der Waals surface area contributed by atoms with E-state index >= 15 is 0 Å². The number of ether oxygens (including phenoxy) is 1. The highest BCUT2D eigenvalue weighted by Crippen LogP contribution is 2.28. The summed E-state index contributed by atoms with van der Waals surface area (Å²) in [5.41, 5.74) is 3.68. The number of nitrogens with zero attached hydrogens (tertiary/aromatic N) is 3. The fourth-order valence-corrected chi connectivity index (χ4v) is 3.26. The summed E-state index contributed by atoms with van der Waals surface area (Å²) < 4.78 is 7.61. The number of rotatable bonds is 5. The van der Waals surface area contributed by atoms with E-state index in [1.807, 2.05) is 36.4 Å². The van der Waals surface area contributed by atoms with Crippen LogP contribution in [0.3, 0.4) is 0 Å². The summed E-state index contributed by atoms with van der Waals surface area (Å²) in [6.45, 7) is 2.73. The minimum atomic E-state index is -0.125. The molecule has 0 radical (unpaired) electrons. The maximum atomic E-state index is 12.0. The Hall–Kier alpha value is -2.99. The number of carbonyl (C=O) groups is 1. The van der Waals surface area contributed by atoms with Gasteiger partial charge in [0.05, 0.1) is 18.4 Å². The van der Waals surface area contributed by atoms with E-state index in [-0.39, 0.29) is 11.9 Å². The van der Waals surface area contributed by atoms with Crippen molar-refractivity contribution in [1.82, 2.24) is 15.0 Å². The lowest BCUT2D eigenvalue weighted by Crippen LogP contribution is -2.24. The number of hydrogen-bond donors (Lipinski definition) is 1. The van der Waals surface area contributed by atoms with Gasteiger partial charge in [-0.3, -0.25) is 4.79 Å². The van der Waals surface area contributed by atoms with Crippen LogP contribution in [0.5, 0.6) is 0 Å². The molecule has 6 heteroatoms. The summed E-state index contributed by atoms with van der Waals surface area (Å²) in [6, 6.07) is 18.0. The Balaban J connectivity index is 1.63. The Kier molecular flexibility index (Phi) is 4.50. The van der Waals surface area contributed by atoms with E-state index in [0.29, 0.717) is 24.7 Å². The van der Waals surface area contributed by atoms with Gasteiger partial charge in [-0.1, -0.05) is 47.7 Å². The number of para-hydroxylation sites is 1. The average molecular weight is 348 g/mol. The number of hydrogen-bond acceptors (Lipinski definition) is 5. The van der Waals surface area contributed by atoms with E-state index in [4.69, 9.17) is 4.74 Å². The van der Waals surface area contributed by atoms with Crippen LogP contribution in [-0.4, -0.2) is 33.9 Å². The van der Waals surface area contributed by atoms with Crippen molar-refractivity contribution in [2.75, 3.05) is 18.5 Å². The Labute approximate surface area is 151 Å². The van der Waals surface area contributed by atoms with Crippen LogP contribution in [-0.2, 0) is 11.2 Å². The SMILES string of the molecule is CC(=O)c1nnn(-c2ccccc2)c1NCC1OCCc2ccccc21. The molecule has 6 nitrogen and oxygen atoms in total. The van der Waals surface area contributed by atoms with E-state index in [2.05, 4.69) is 33.8 Å². The van der Waals surface area contributed by atoms with Gasteiger partial charge >= 0.3 is 0 Å². The molecular formula is C20H20N4O2. The number of ketones is 1. The lowest BCUT2D eigenvalue weighted by Gasteiger charge is -2.26. The van der Waals surface area contributed by atoms with E-state index in [9.17, 15) is 4.79 Å². The third-order valence-electron chi connectivity index (χ3n) is 4.55. The third-order valence-corrected chi connectivity index (χ3v) is 4.55. The molecule has 1 aromatic heterocycles. The van der Waals surface area contributed by atoms with Crippen LogP contribution >= 0.6 is 0 Å². The molecule has 0 saturated carbocycles. The monoisotopic (exact) mass is 348 g/mol. The van der Waals surface area contributed by atoms with Gasteiger partial charge in [-0.05, 0) is 29.7 Å². The largest absolute Gasteiger partial charge is 0.371 e. The molecule has 3 aromatic rings. The molecule has 0 amide bonds. The molecule has 0 spiro atoms. The zero-order chi connectivity index (χ0) is 17.9. The number of anilines is 1. The van der Waals surface area contributed by atoms with Gasteiger partial charge in [-0.2, -0.15) is 4.68 Å². The van der Waals surface area contributed by atoms with Crippen LogP contribution in [0.15, 0.2) is 54.6 Å². The van der Waals surface area contributed by atoms with Crippen molar-refractivity contribution in [2.24, 2.45) is 0 Å². The molecule has 0 aliphatic carbocycles. The number of nitrogens with one attached hydrogen (secondary N) is 1. The molecule has 0 bridgehead atoms. The van der Waals surface area contributed by atoms with Gasteiger partial charge in [-0.25, -0.2) is 0 Å². The highest BCUT2D eigenvalue weighted by molar-refractivity contribution is 5.96. The zero-order valence-electron chi connectivity index (χ0n) is 14.6. The maximum Gasteiger partial charge on any atom is 0.183 e. The second kappa shape index (κ2) is 7.09. The van der Waals surface area contributed by atoms with Crippen molar-refractivity contribution in [3.05, 3.63) is 71.4 Å². The summed E-state index contributed by atoms with van der Waals surface area (Å²) in [5.74, 6) is 0.468. The Morgan fingerprint density at radius 3 is 2.77 bits per heavy atom. The highest BCUT2D eigenvalue weighted by Gasteiger charge is 2.23. The lowest BCUT2D eigenvalue weighted by molar-refractivity contribution is 0.0512. The maximum absolute atomic E-state index is 12.0. The normalized spacial score (nSPS) is 16.1. The van der Waals surface area contributed by atoms with Gasteiger partial charge in [-0.15, -0.1) is 5.10 Å². The standard InChI is InChI=1S/C20H20N4O2/c1-14(25)19-20(24(23-22-19)16-8-3-2-4-9-16)21-13-18-17-10-6-5-7-15(17)11-12-26-18/h2-10,18,21H,11-13H2,1H3. The quantitative estimate of drug-likeness (QED) is 0.717. The molecule has 0 fully saturated rings. The van der Waals surface area contributed by atoms with Gasteiger partial charge in [0.1, 0.15) is 0 Å². The van der Waals surface area contributed by atoms with Crippen molar-refractivity contribution in [3.8, 4) is 5.69 Å². The van der Waals surface area contributed by atoms with Crippen molar-refractivity contribution in [3.63, 3.8) is 0 Å². The molecule has 2 heterocycles. The molecule has 2 aromatic carbocycles. The summed E-state index contributed by atoms with van der Waals surface area (Å²) in [6.07, 6.45) is 0.855. The van der Waals surface area contributed by atoms with Crippen molar-refractivity contribution < 1.29 is 9.53 Å². The Morgan fingerprint density at radius 1 is 1.19 bits per heavy atom. The Morgan fingerprint density at radius 2 is 1.96 bits per heavy atom. The number of aromatic nitrogens is 3. The molecule has 1 aliphatic rings. The second-order valence-corrected chi connectivity index (χ2v) is 6.28. The molecule has 26 heavy (non-hydrogen) atoms. The summed E-state index contributed by atoms with van der Waals surface area (Å²) in [5, 5.41) is 11.6. The van der Waals surface area contributed by atoms with Crippen molar-refractivity contribution in [2.45, 2.75) is 19.4 Å². The van der Waals surface area contributed by atoms with Crippen LogP contribution in [0.2, 0.25) is 0 Å². The van der Waals surface area contributed by atoms with Crippen LogP contribution in [0.4, 0.5) is 5.82 Å². The summed E-state index contributed by atoms with van der Waals surface area (Å²) in [4.78, 5) is 12.0. The van der Waals surface area contributed by atoms with E-state index in [1.165, 1.54) is 18.1 Å². The van der Waals surface area contributed by atoms with Gasteiger partial charge in [0, 0.05) is 13.5 Å². The van der Waals surface area contributed by atoms with Crippen LogP contribution in [0, 0.1) is 0 Å². The second-order valence-electron chi connectivity index (χ2n) is 6.28. The third kappa shape index (κ3) is 3.11. The minimum absolute atomic E-state index is 0.0705. The number of fused-ring (bicyclic) bond motifs is 1. The van der Waals surface area contributed by atoms with E-state index < -0.39 is 0 Å². The minimum Gasteiger partial charge on any atom is -0.371 e. The highest BCUT2D eigenvalue weighted by atomic mass is 16.5. The van der Waals surface area contributed by atoms with Crippen LogP contribution in [0.1, 0.15) is 34.6 Å². The van der Waals surface area contributed by atoms with Gasteiger partial charge < -0.3 is 10.1 Å². The number of Topliss-reactive ketones (excluding diaryl/α,β-unsaturated/α-hetero) is 1. The van der Waals surface area contributed by atoms with E-state index in [1.54, 1.807) is 4.68 Å². The van der Waals surface area contributed by atoms with Gasteiger partial charge in [0.25, 0.3) is 0 Å². The lowest BCUT2D eigenvalue weighted by atomic mass is 9.97. The predicted octanol–water partition coefficient (Wildman–Crippen LogP) is 3.20. The summed E-state index contributed by atoms with van der Waals surface area (Å²) >= 11 is 0. The molecule has 0 saturated heterocycles. The number of benzene rings is 2. The Bertz CT molecular complexity index is 921. The number of carbonyl (C=O) groups excluding carboxylic acids is 1. The first kappa shape index (κ1) is 16.5. The average Bonchev–Trinajstić information content (AvgIpc) is 3.11. The van der Waals surface area contributed by atoms with Crippen LogP contribution < -0.4 is 5.32 Å². The molecule has 1 atom stereocenters. The smallest absolute Gasteiger partial charge is 0.183 e. The fourth-order valence-electron chi connectivity index (χ4n) is 3.26. The molecule has 132 valence electrons. The predicted molar refractivity (Wildman–Crippen MR) is 98.7 cm³/mol. The van der Waals surface area contributed by atoms with Crippen molar-refractivity contribution >= 4 is 11.6 Å². The fraction of sp³-hybridized carbons (Fsp3) is 0.250. The van der Waals surface area contributed by atoms with E-state index in [0.717, 1.165) is 12.1 Å². The first-order valence-electron chi connectivity index (χ1n) is 8.69. The topological polar surface area (TPSA) is 69.0 Å². The summed E-state index contributed by atoms with van der Waals surface area (Å²) in [7, 11) is 0. The van der Waals surface area contributed by atoms with Crippen molar-refractivity contribution in [1.29, 1.82) is 0 Å². The zero-order valence-corrected chi connectivity index (χ0v) is 14.6. The molecule has 1 N–H and O–H groups in total. The van der Waals surface area contributed by atoms with Gasteiger partial charge in [0.15, 0.2) is 17.3 Å². The molecule has 1 unspecified atom stereocenters. The first-order chi connectivity index (χ1) is 12.7. The molecule has 1 aliphatic heterocycles. The molecular weight excluding hydrogens is 328 g/mol. The molecule has 4 rings (SSSR count). The first-order valence-corrected chi connectivity index (χ1v) is 8.69. The van der Waals surface area contributed by atoms with Gasteiger partial charge in [0.2, 0.25) is 0 Å². The van der Waals surface area contributed by atoms with Crippen LogP contribution in [0.25, 0.3) is 5.69 Å².